The van der Waals surface area contributed by atoms with Crippen LogP contribution in [0.2, 0.25) is 0 Å². The molecule has 1 aliphatic carbocycles. The first-order chi connectivity index (χ1) is 8.97. The molecule has 0 bridgehead atoms. The molecular formula is C14H24O4S. The van der Waals surface area contributed by atoms with Crippen molar-refractivity contribution in [1.82, 2.24) is 0 Å². The Morgan fingerprint density at radius 2 is 2.16 bits per heavy atom. The Morgan fingerprint density at radius 1 is 1.42 bits per heavy atom. The first-order valence-electron chi connectivity index (χ1n) is 7.13. The zero-order valence-corrected chi connectivity index (χ0v) is 12.7. The molecule has 1 N–H and O–H groups in total. The van der Waals surface area contributed by atoms with Crippen molar-refractivity contribution in [3.63, 3.8) is 0 Å². The highest BCUT2D eigenvalue weighted by Gasteiger charge is 2.37. The van der Waals surface area contributed by atoms with Crippen LogP contribution in [0.25, 0.3) is 0 Å². The molecule has 1 heterocycles. The summed E-state index contributed by atoms with van der Waals surface area (Å²) in [5, 5.41) is 9.29. The number of aliphatic hydroxyl groups is 1. The zero-order chi connectivity index (χ0) is 14.0. The largest absolute Gasteiger partial charge is 0.459 e. The molecule has 1 saturated heterocycles. The Morgan fingerprint density at radius 3 is 2.74 bits per heavy atom. The Hall–Kier alpha value is -0.260. The third kappa shape index (κ3) is 3.86. The van der Waals surface area contributed by atoms with Gasteiger partial charge in [0.2, 0.25) is 5.44 Å². The lowest BCUT2D eigenvalue weighted by molar-refractivity contribution is -0.172. The van der Waals surface area contributed by atoms with Crippen molar-refractivity contribution in [2.24, 2.45) is 17.8 Å². The maximum Gasteiger partial charge on any atom is 0.346 e. The van der Waals surface area contributed by atoms with Gasteiger partial charge in [0.05, 0.1) is 0 Å². The van der Waals surface area contributed by atoms with Gasteiger partial charge < -0.3 is 14.6 Å². The van der Waals surface area contributed by atoms with E-state index in [2.05, 4.69) is 20.8 Å². The van der Waals surface area contributed by atoms with Crippen LogP contribution in [0.15, 0.2) is 0 Å². The highest BCUT2D eigenvalue weighted by Crippen LogP contribution is 2.36. The Balaban J connectivity index is 1.92. The van der Waals surface area contributed by atoms with Gasteiger partial charge in [-0.25, -0.2) is 4.79 Å². The summed E-state index contributed by atoms with van der Waals surface area (Å²) in [7, 11) is 0. The van der Waals surface area contributed by atoms with Gasteiger partial charge in [0.25, 0.3) is 0 Å². The van der Waals surface area contributed by atoms with Crippen LogP contribution in [-0.4, -0.2) is 34.7 Å². The Kier molecular flexibility index (Phi) is 5.15. The van der Waals surface area contributed by atoms with Gasteiger partial charge in [-0.2, -0.15) is 0 Å². The molecule has 1 saturated carbocycles. The molecule has 2 aliphatic rings. The van der Waals surface area contributed by atoms with Crippen LogP contribution >= 0.6 is 11.8 Å². The van der Waals surface area contributed by atoms with Gasteiger partial charge >= 0.3 is 5.97 Å². The number of thioether (sulfide) groups is 1. The van der Waals surface area contributed by atoms with E-state index in [1.165, 1.54) is 18.2 Å². The van der Waals surface area contributed by atoms with Crippen molar-refractivity contribution in [2.45, 2.75) is 57.9 Å². The van der Waals surface area contributed by atoms with Crippen molar-refractivity contribution >= 4 is 17.7 Å². The molecule has 0 aromatic rings. The average molecular weight is 288 g/mol. The van der Waals surface area contributed by atoms with E-state index in [4.69, 9.17) is 9.47 Å². The molecule has 1 aliphatic heterocycles. The monoisotopic (exact) mass is 288 g/mol. The molecule has 0 aromatic heterocycles. The fourth-order valence-electron chi connectivity index (χ4n) is 2.97. The van der Waals surface area contributed by atoms with E-state index in [1.54, 1.807) is 0 Å². The highest BCUT2D eigenvalue weighted by molar-refractivity contribution is 8.00. The molecule has 0 radical (unpaired) electrons. The van der Waals surface area contributed by atoms with E-state index in [0.29, 0.717) is 23.5 Å². The highest BCUT2D eigenvalue weighted by atomic mass is 32.2. The maximum atomic E-state index is 12.1. The fourth-order valence-corrected chi connectivity index (χ4v) is 3.79. The molecule has 0 amide bonds. The number of hydrogen-bond acceptors (Lipinski definition) is 5. The van der Waals surface area contributed by atoms with Crippen LogP contribution in [0.5, 0.6) is 0 Å². The summed E-state index contributed by atoms with van der Waals surface area (Å²) in [6.45, 7) is 6.58. The van der Waals surface area contributed by atoms with Gasteiger partial charge in [0, 0.05) is 5.75 Å². The van der Waals surface area contributed by atoms with Crippen molar-refractivity contribution in [1.29, 1.82) is 0 Å². The molecule has 2 fully saturated rings. The Bertz CT molecular complexity index is 321. The second-order valence-corrected chi connectivity index (χ2v) is 7.15. The summed E-state index contributed by atoms with van der Waals surface area (Å²) in [5.41, 5.74) is -0.653. The van der Waals surface area contributed by atoms with Crippen molar-refractivity contribution in [3.8, 4) is 0 Å². The molecule has 5 heteroatoms. The minimum atomic E-state index is -0.839. The first kappa shape index (κ1) is 15.1. The van der Waals surface area contributed by atoms with Crippen LogP contribution in [0.1, 0.15) is 40.0 Å². The molecular weight excluding hydrogens is 264 g/mol. The van der Waals surface area contributed by atoms with E-state index >= 15 is 0 Å². The molecule has 5 atom stereocenters. The summed E-state index contributed by atoms with van der Waals surface area (Å²) in [4.78, 5) is 12.1. The van der Waals surface area contributed by atoms with Gasteiger partial charge in [-0.05, 0) is 30.6 Å². The number of esters is 1. The molecule has 0 spiro atoms. The number of aliphatic hydroxyl groups excluding tert-OH is 1. The second-order valence-electron chi connectivity index (χ2n) is 6.06. The molecule has 0 aromatic carbocycles. The van der Waals surface area contributed by atoms with Gasteiger partial charge in [-0.1, -0.05) is 27.2 Å². The SMILES string of the molecule is CC(C)C1CC[C@@H](C)CC1OC(=O)[C@H]1O[C@H](O)CS1. The molecule has 2 unspecified atom stereocenters. The summed E-state index contributed by atoms with van der Waals surface area (Å²) < 4.78 is 10.8. The zero-order valence-electron chi connectivity index (χ0n) is 11.9. The number of carbonyl (C=O) groups is 1. The summed E-state index contributed by atoms with van der Waals surface area (Å²) in [6.07, 6.45) is 2.43. The van der Waals surface area contributed by atoms with E-state index in [9.17, 15) is 9.90 Å². The number of hydrogen-bond donors (Lipinski definition) is 1. The third-order valence-electron chi connectivity index (χ3n) is 4.09. The normalized spacial score (nSPS) is 39.5. The van der Waals surface area contributed by atoms with Crippen molar-refractivity contribution in [3.05, 3.63) is 0 Å². The first-order valence-corrected chi connectivity index (χ1v) is 8.18. The van der Waals surface area contributed by atoms with Crippen LogP contribution < -0.4 is 0 Å². The van der Waals surface area contributed by atoms with Crippen molar-refractivity contribution < 1.29 is 19.4 Å². The quantitative estimate of drug-likeness (QED) is 0.808. The van der Waals surface area contributed by atoms with Gasteiger partial charge in [-0.15, -0.1) is 11.8 Å². The molecule has 4 nitrogen and oxygen atoms in total. The molecule has 2 rings (SSSR count). The van der Waals surface area contributed by atoms with E-state index in [1.807, 2.05) is 0 Å². The molecule has 110 valence electrons. The van der Waals surface area contributed by atoms with Crippen LogP contribution in [0.4, 0.5) is 0 Å². The van der Waals surface area contributed by atoms with Gasteiger partial charge in [-0.3, -0.25) is 0 Å². The van der Waals surface area contributed by atoms with Crippen LogP contribution in [0.3, 0.4) is 0 Å². The lowest BCUT2D eigenvalue weighted by atomic mass is 9.75. The van der Waals surface area contributed by atoms with Crippen LogP contribution in [0, 0.1) is 17.8 Å². The lowest BCUT2D eigenvalue weighted by Gasteiger charge is -2.37. The lowest BCUT2D eigenvalue weighted by Crippen LogP contribution is -2.38. The summed E-state index contributed by atoms with van der Waals surface area (Å²) >= 11 is 1.31. The maximum absolute atomic E-state index is 12.1. The predicted octanol–water partition coefficient (Wildman–Crippen LogP) is 2.40. The van der Waals surface area contributed by atoms with E-state index < -0.39 is 11.7 Å². The van der Waals surface area contributed by atoms with E-state index in [-0.39, 0.29) is 12.1 Å². The van der Waals surface area contributed by atoms with E-state index in [0.717, 1.165) is 12.8 Å². The van der Waals surface area contributed by atoms with Crippen molar-refractivity contribution in [2.75, 3.05) is 5.75 Å². The number of ether oxygens (including phenoxy) is 2. The standard InChI is InChI=1S/C14H24O4S/c1-8(2)10-5-4-9(3)6-11(10)17-13(16)14-18-12(15)7-19-14/h8-12,14-15H,4-7H2,1-3H3/t9-,10?,11?,12+,14+/m1/s1. The third-order valence-corrected chi connectivity index (χ3v) is 5.18. The second kappa shape index (κ2) is 6.46. The minimum absolute atomic E-state index is 0.00167. The number of rotatable bonds is 3. The van der Waals surface area contributed by atoms with Gasteiger partial charge in [0.15, 0.2) is 6.29 Å². The topological polar surface area (TPSA) is 55.8 Å². The fraction of sp³-hybridized carbons (Fsp3) is 0.929. The average Bonchev–Trinajstić information content (AvgIpc) is 2.75. The number of carbonyl (C=O) groups excluding carboxylic acids is 1. The van der Waals surface area contributed by atoms with Gasteiger partial charge in [0.1, 0.15) is 6.10 Å². The smallest absolute Gasteiger partial charge is 0.346 e. The Labute approximate surface area is 119 Å². The summed E-state index contributed by atoms with van der Waals surface area (Å²) in [5.74, 6) is 1.68. The summed E-state index contributed by atoms with van der Waals surface area (Å²) in [6, 6.07) is 0. The van der Waals surface area contributed by atoms with Crippen LogP contribution in [-0.2, 0) is 14.3 Å². The molecule has 19 heavy (non-hydrogen) atoms. The predicted molar refractivity (Wildman–Crippen MR) is 74.6 cm³/mol. The minimum Gasteiger partial charge on any atom is -0.459 e.